The van der Waals surface area contributed by atoms with Crippen molar-refractivity contribution in [1.82, 2.24) is 0 Å². The molecule has 1 rings (SSSR count). The highest BCUT2D eigenvalue weighted by molar-refractivity contribution is 6.52. The minimum absolute atomic E-state index is 0.158. The van der Waals surface area contributed by atoms with E-state index in [-0.39, 0.29) is 6.04 Å². The van der Waals surface area contributed by atoms with E-state index >= 15 is 0 Å². The van der Waals surface area contributed by atoms with Gasteiger partial charge < -0.3 is 5.73 Å². The van der Waals surface area contributed by atoms with Gasteiger partial charge in [-0.25, -0.2) is 0 Å². The van der Waals surface area contributed by atoms with Gasteiger partial charge in [0.2, 0.25) is 0 Å². The van der Waals surface area contributed by atoms with Crippen molar-refractivity contribution in [3.05, 3.63) is 29.8 Å². The first-order valence-electron chi connectivity index (χ1n) is 4.09. The molecule has 0 radical (unpaired) electrons. The Morgan fingerprint density at radius 2 is 2.00 bits per heavy atom. The van der Waals surface area contributed by atoms with Crippen LogP contribution in [0.4, 0.5) is 0 Å². The van der Waals surface area contributed by atoms with Gasteiger partial charge in [0.05, 0.1) is 0 Å². The summed E-state index contributed by atoms with van der Waals surface area (Å²) >= 11 is 0. The molecule has 0 amide bonds. The topological polar surface area (TPSA) is 26.0 Å². The molecule has 0 fully saturated rings. The Hall–Kier alpha value is -0.755. The molecule has 0 heterocycles. The maximum Gasteiger partial charge on any atom is 0.154 e. The van der Waals surface area contributed by atoms with Crippen molar-refractivity contribution in [3.63, 3.8) is 0 Å². The van der Waals surface area contributed by atoms with E-state index in [0.717, 1.165) is 7.28 Å². The van der Waals surface area contributed by atoms with Crippen LogP contribution in [0.2, 0.25) is 6.82 Å². The second-order valence-corrected chi connectivity index (χ2v) is 2.84. The molecule has 2 heteroatoms. The van der Waals surface area contributed by atoms with Crippen molar-refractivity contribution in [2.45, 2.75) is 19.8 Å². The highest BCUT2D eigenvalue weighted by Gasteiger charge is 2.02. The maximum absolute atomic E-state index is 5.79. The Kier molecular flexibility index (Phi) is 2.72. The fraction of sp³-hybridized carbons (Fsp3) is 0.333. The van der Waals surface area contributed by atoms with E-state index in [0.29, 0.717) is 0 Å². The molecule has 58 valence electrons. The van der Waals surface area contributed by atoms with Gasteiger partial charge in [0, 0.05) is 6.04 Å². The highest BCUT2D eigenvalue weighted by atomic mass is 14.6. The lowest BCUT2D eigenvalue weighted by molar-refractivity contribution is 0.824. The third-order valence-corrected chi connectivity index (χ3v) is 1.93. The second kappa shape index (κ2) is 3.58. The molecule has 0 aliphatic rings. The minimum Gasteiger partial charge on any atom is -0.324 e. The first-order chi connectivity index (χ1) is 5.25. The van der Waals surface area contributed by atoms with E-state index in [2.05, 4.69) is 25.0 Å². The highest BCUT2D eigenvalue weighted by Crippen LogP contribution is 2.04. The average molecular weight is 147 g/mol. The van der Waals surface area contributed by atoms with Crippen LogP contribution in [0.15, 0.2) is 24.3 Å². The monoisotopic (exact) mass is 147 g/mol. The Morgan fingerprint density at radius 3 is 2.45 bits per heavy atom. The Bertz CT molecular complexity index is 233. The number of nitrogens with two attached hydrogens (primary N) is 1. The molecular formula is C9H14BN. The van der Waals surface area contributed by atoms with E-state index in [1.807, 2.05) is 13.0 Å². The molecule has 2 N–H and O–H groups in total. The van der Waals surface area contributed by atoms with Gasteiger partial charge in [0.1, 0.15) is 0 Å². The quantitative estimate of drug-likeness (QED) is 0.615. The van der Waals surface area contributed by atoms with Gasteiger partial charge in [-0.15, -0.1) is 0 Å². The molecule has 0 aromatic heterocycles. The predicted octanol–water partition coefficient (Wildman–Crippen LogP) is 0.816. The zero-order valence-electron chi connectivity index (χ0n) is 7.17. The number of benzene rings is 1. The molecule has 0 saturated carbocycles. The van der Waals surface area contributed by atoms with Gasteiger partial charge in [0.25, 0.3) is 0 Å². The largest absolute Gasteiger partial charge is 0.324 e. The first kappa shape index (κ1) is 8.34. The Labute approximate surface area is 68.9 Å². The van der Waals surface area contributed by atoms with Crippen molar-refractivity contribution >= 4 is 12.7 Å². The van der Waals surface area contributed by atoms with Gasteiger partial charge in [-0.05, 0) is 12.5 Å². The maximum atomic E-state index is 5.79. The van der Waals surface area contributed by atoms with Crippen molar-refractivity contribution in [2.24, 2.45) is 5.73 Å². The Morgan fingerprint density at radius 1 is 1.36 bits per heavy atom. The summed E-state index contributed by atoms with van der Waals surface area (Å²) in [5.74, 6) is 0. The number of hydrogen-bond donors (Lipinski definition) is 1. The van der Waals surface area contributed by atoms with Crippen molar-refractivity contribution in [1.29, 1.82) is 0 Å². The summed E-state index contributed by atoms with van der Waals surface area (Å²) < 4.78 is 0. The molecule has 0 aliphatic heterocycles. The van der Waals surface area contributed by atoms with Crippen molar-refractivity contribution < 1.29 is 0 Å². The molecule has 0 saturated heterocycles. The third kappa shape index (κ3) is 1.84. The van der Waals surface area contributed by atoms with Crippen LogP contribution < -0.4 is 11.2 Å². The van der Waals surface area contributed by atoms with E-state index in [1.54, 1.807) is 0 Å². The summed E-state index contributed by atoms with van der Waals surface area (Å²) in [6, 6.07) is 8.50. The Balaban J connectivity index is 3.02. The van der Waals surface area contributed by atoms with Crippen LogP contribution in [0.5, 0.6) is 0 Å². The molecule has 11 heavy (non-hydrogen) atoms. The molecule has 1 atom stereocenters. The van der Waals surface area contributed by atoms with E-state index in [9.17, 15) is 0 Å². The molecule has 0 aliphatic carbocycles. The van der Waals surface area contributed by atoms with Crippen LogP contribution in [0.1, 0.15) is 18.5 Å². The molecule has 0 spiro atoms. The van der Waals surface area contributed by atoms with Crippen molar-refractivity contribution in [3.8, 4) is 0 Å². The van der Waals surface area contributed by atoms with Gasteiger partial charge in [-0.1, -0.05) is 36.6 Å². The van der Waals surface area contributed by atoms with Crippen LogP contribution >= 0.6 is 0 Å². The predicted molar refractivity (Wildman–Crippen MR) is 51.7 cm³/mol. The SMILES string of the molecule is CBc1ccccc1[C@H](C)N. The van der Waals surface area contributed by atoms with Crippen LogP contribution in [0.25, 0.3) is 0 Å². The summed E-state index contributed by atoms with van der Waals surface area (Å²) in [5.41, 5.74) is 8.43. The molecule has 1 aromatic carbocycles. The van der Waals surface area contributed by atoms with Crippen LogP contribution in [-0.4, -0.2) is 7.28 Å². The number of hydrogen-bond acceptors (Lipinski definition) is 1. The minimum atomic E-state index is 0.158. The zero-order valence-corrected chi connectivity index (χ0v) is 7.17. The standard InChI is InChI=1S/C9H14BN/c1-7(11)8-5-3-4-6-9(8)10-2/h3-7,10H,11H2,1-2H3/t7-/m0/s1. The van der Waals surface area contributed by atoms with Gasteiger partial charge in [0.15, 0.2) is 7.28 Å². The lowest BCUT2D eigenvalue weighted by Crippen LogP contribution is -2.21. The van der Waals surface area contributed by atoms with Gasteiger partial charge >= 0.3 is 0 Å². The molecular weight excluding hydrogens is 133 g/mol. The van der Waals surface area contributed by atoms with Crippen LogP contribution in [0.3, 0.4) is 0 Å². The smallest absolute Gasteiger partial charge is 0.154 e. The van der Waals surface area contributed by atoms with Gasteiger partial charge in [-0.3, -0.25) is 0 Å². The molecule has 1 aromatic rings. The number of rotatable bonds is 2. The molecule has 1 nitrogen and oxygen atoms in total. The van der Waals surface area contributed by atoms with E-state index < -0.39 is 0 Å². The summed E-state index contributed by atoms with van der Waals surface area (Å²) in [7, 11) is 1.07. The average Bonchev–Trinajstić information content (AvgIpc) is 2.04. The first-order valence-corrected chi connectivity index (χ1v) is 4.09. The lowest BCUT2D eigenvalue weighted by atomic mass is 9.70. The van der Waals surface area contributed by atoms with Gasteiger partial charge in [-0.2, -0.15) is 0 Å². The third-order valence-electron chi connectivity index (χ3n) is 1.93. The summed E-state index contributed by atoms with van der Waals surface area (Å²) in [4.78, 5) is 0. The summed E-state index contributed by atoms with van der Waals surface area (Å²) in [6.45, 7) is 4.18. The van der Waals surface area contributed by atoms with Crippen LogP contribution in [-0.2, 0) is 0 Å². The second-order valence-electron chi connectivity index (χ2n) is 2.84. The lowest BCUT2D eigenvalue weighted by Gasteiger charge is -2.09. The summed E-state index contributed by atoms with van der Waals surface area (Å²) in [5, 5.41) is 0. The molecule has 0 unspecified atom stereocenters. The zero-order chi connectivity index (χ0) is 8.27. The molecule has 0 bridgehead atoms. The van der Waals surface area contributed by atoms with E-state index in [4.69, 9.17) is 5.73 Å². The van der Waals surface area contributed by atoms with E-state index in [1.165, 1.54) is 11.0 Å². The summed E-state index contributed by atoms with van der Waals surface area (Å²) in [6.07, 6.45) is 0. The fourth-order valence-corrected chi connectivity index (χ4v) is 1.30. The normalized spacial score (nSPS) is 12.6. The fourth-order valence-electron chi connectivity index (χ4n) is 1.30. The van der Waals surface area contributed by atoms with Crippen molar-refractivity contribution in [2.75, 3.05) is 0 Å². The van der Waals surface area contributed by atoms with Crippen LogP contribution in [0, 0.1) is 0 Å².